The van der Waals surface area contributed by atoms with Crippen molar-refractivity contribution in [3.63, 3.8) is 0 Å². The molecule has 0 aliphatic carbocycles. The smallest absolute Gasteiger partial charge is 0.273 e. The summed E-state index contributed by atoms with van der Waals surface area (Å²) in [6, 6.07) is 10.2. The second kappa shape index (κ2) is 11.0. The molecule has 0 aliphatic heterocycles. The van der Waals surface area contributed by atoms with E-state index in [2.05, 4.69) is 36.0 Å². The first kappa shape index (κ1) is 21.6. The van der Waals surface area contributed by atoms with Gasteiger partial charge in [-0.25, -0.2) is 4.98 Å². The predicted molar refractivity (Wildman–Crippen MR) is 141 cm³/mol. The van der Waals surface area contributed by atoms with Crippen LogP contribution in [0, 0.1) is 6.92 Å². The van der Waals surface area contributed by atoms with Gasteiger partial charge in [-0.1, -0.05) is 6.07 Å². The number of hydrogen-bond donors (Lipinski definition) is 3. The molecular formula is C24H25N9O3S. The fourth-order valence-corrected chi connectivity index (χ4v) is 4.22. The first-order chi connectivity index (χ1) is 18.9. The highest BCUT2D eigenvalue weighted by molar-refractivity contribution is 7.16. The number of nitrogens with zero attached hydrogens (tertiary/aromatic N) is 6. The summed E-state index contributed by atoms with van der Waals surface area (Å²) in [5, 5.41) is 24.5. The first-order valence-corrected chi connectivity index (χ1v) is 11.7. The molecular weight excluding hydrogens is 494 g/mol. The molecule has 0 atom stereocenters. The Labute approximate surface area is 221 Å². The Morgan fingerprint density at radius 2 is 1.84 bits per heavy atom. The number of carbonyl (C=O) groups excluding carboxylic acids is 2. The minimum absolute atomic E-state index is 0.136. The number of anilines is 4. The lowest BCUT2D eigenvalue weighted by Gasteiger charge is -2.16. The fourth-order valence-electron chi connectivity index (χ4n) is 3.26. The van der Waals surface area contributed by atoms with E-state index in [0.29, 0.717) is 32.7 Å². The molecule has 190 valence electrons. The Bertz CT molecular complexity index is 1540. The Morgan fingerprint density at radius 1 is 1.03 bits per heavy atom. The molecule has 4 rings (SSSR count). The Hall–Kier alpha value is -4.65. The van der Waals surface area contributed by atoms with Gasteiger partial charge in [-0.15, -0.1) is 26.6 Å². The molecule has 0 spiro atoms. The molecule has 2 amide bonds. The maximum atomic E-state index is 12.8. The summed E-state index contributed by atoms with van der Waals surface area (Å²) in [5.74, 6) is -0.162. The third-order valence-corrected chi connectivity index (χ3v) is 6.04. The fraction of sp³-hybridized carbons (Fsp3) is 0.208. The third-order valence-electron chi connectivity index (χ3n) is 5.02. The average molecular weight is 523 g/mol. The van der Waals surface area contributed by atoms with Crippen LogP contribution in [-0.2, 0) is 0 Å². The van der Waals surface area contributed by atoms with Crippen LogP contribution in [-0.4, -0.2) is 70.3 Å². The van der Waals surface area contributed by atoms with Gasteiger partial charge >= 0.3 is 0 Å². The zero-order valence-corrected chi connectivity index (χ0v) is 21.2. The maximum Gasteiger partial charge on any atom is 0.273 e. The van der Waals surface area contributed by atoms with Crippen molar-refractivity contribution in [1.82, 2.24) is 35.6 Å². The number of methoxy groups -OCH3 is 1. The normalized spacial score (nSPS) is 12.1. The van der Waals surface area contributed by atoms with E-state index in [1.165, 1.54) is 35.6 Å². The zero-order valence-electron chi connectivity index (χ0n) is 23.4. The topological polar surface area (TPSA) is 147 Å². The summed E-state index contributed by atoms with van der Waals surface area (Å²) in [6.45, 7) is -0.945. The quantitative estimate of drug-likeness (QED) is 0.315. The van der Waals surface area contributed by atoms with Gasteiger partial charge in [0.2, 0.25) is 0 Å². The van der Waals surface area contributed by atoms with Crippen LogP contribution in [0.5, 0.6) is 5.75 Å². The number of benzene rings is 1. The number of aryl methyl sites for hydroxylation is 1. The first-order valence-electron chi connectivity index (χ1n) is 12.3. The molecule has 0 saturated carbocycles. The van der Waals surface area contributed by atoms with E-state index in [9.17, 15) is 9.59 Å². The molecule has 0 saturated heterocycles. The number of thiazole rings is 1. The molecule has 3 N–H and O–H groups in total. The van der Waals surface area contributed by atoms with Crippen LogP contribution < -0.4 is 20.7 Å². The van der Waals surface area contributed by atoms with E-state index in [1.807, 2.05) is 5.32 Å². The molecule has 0 aliphatic rings. The number of amides is 2. The Kier molecular flexibility index (Phi) is 6.40. The third kappa shape index (κ3) is 5.62. The van der Waals surface area contributed by atoms with Gasteiger partial charge in [0.25, 0.3) is 11.8 Å². The Balaban J connectivity index is 1.73. The lowest BCUT2D eigenvalue weighted by atomic mass is 10.1. The van der Waals surface area contributed by atoms with Crippen molar-refractivity contribution in [2.75, 3.05) is 38.8 Å². The number of aromatic nitrogens is 5. The molecule has 37 heavy (non-hydrogen) atoms. The number of hydrogen-bond acceptors (Lipinski definition) is 11. The van der Waals surface area contributed by atoms with E-state index in [4.69, 9.17) is 8.85 Å². The summed E-state index contributed by atoms with van der Waals surface area (Å²) in [5.41, 5.74) is 1.61. The van der Waals surface area contributed by atoms with Gasteiger partial charge in [0, 0.05) is 31.2 Å². The van der Waals surface area contributed by atoms with E-state index in [0.717, 1.165) is 5.69 Å². The molecule has 1 aromatic carbocycles. The van der Waals surface area contributed by atoms with Gasteiger partial charge in [0.15, 0.2) is 23.1 Å². The number of rotatable bonds is 8. The number of ether oxygens (including phenoxy) is 1. The lowest BCUT2D eigenvalue weighted by molar-refractivity contribution is 0.0831. The van der Waals surface area contributed by atoms with Crippen LogP contribution in [0.25, 0.3) is 10.6 Å². The molecule has 0 bridgehead atoms. The van der Waals surface area contributed by atoms with Gasteiger partial charge in [0.1, 0.15) is 9.88 Å². The van der Waals surface area contributed by atoms with Gasteiger partial charge in [-0.3, -0.25) is 9.59 Å². The van der Waals surface area contributed by atoms with Gasteiger partial charge in [0.05, 0.1) is 35.9 Å². The second-order valence-electron chi connectivity index (χ2n) is 7.87. The zero-order chi connectivity index (χ0) is 29.0. The second-order valence-corrected chi connectivity index (χ2v) is 8.90. The average Bonchev–Trinajstić information content (AvgIpc) is 3.38. The molecule has 0 fully saturated rings. The number of nitrogens with one attached hydrogen (secondary N) is 3. The van der Waals surface area contributed by atoms with Crippen molar-refractivity contribution in [3.05, 3.63) is 58.9 Å². The monoisotopic (exact) mass is 522 g/mol. The molecule has 0 radical (unpaired) electrons. The van der Waals surface area contributed by atoms with E-state index in [1.54, 1.807) is 51.4 Å². The summed E-state index contributed by atoms with van der Waals surface area (Å²) in [4.78, 5) is 31.5. The summed E-state index contributed by atoms with van der Waals surface area (Å²) in [6.07, 6.45) is 1.50. The molecule has 3 heterocycles. The van der Waals surface area contributed by atoms with E-state index < -0.39 is 12.9 Å². The predicted octanol–water partition coefficient (Wildman–Crippen LogP) is 3.26. The van der Waals surface area contributed by atoms with Gasteiger partial charge in [-0.05, 0) is 31.2 Å². The number of carbonyl (C=O) groups is 2. The Morgan fingerprint density at radius 3 is 2.54 bits per heavy atom. The molecule has 13 heteroatoms. The number of para-hydroxylation sites is 1. The van der Waals surface area contributed by atoms with E-state index in [-0.39, 0.29) is 23.1 Å². The molecule has 4 aromatic rings. The minimum Gasteiger partial charge on any atom is -0.494 e. The molecule has 3 aromatic heterocycles. The van der Waals surface area contributed by atoms with Crippen LogP contribution in [0.3, 0.4) is 0 Å². The summed E-state index contributed by atoms with van der Waals surface area (Å²) >= 11 is 1.20. The van der Waals surface area contributed by atoms with Crippen molar-refractivity contribution in [1.29, 1.82) is 0 Å². The minimum atomic E-state index is -2.74. The molecule has 12 nitrogen and oxygen atoms in total. The highest BCUT2D eigenvalue weighted by Gasteiger charge is 2.20. The SMILES string of the molecule is [2H]C([2H])([2H])NC(=O)c1nnc(Nc2ccc(C)nn2)cc1Nc1cccc(-c2ncc(C(=O)N(C)C)s2)c1OC. The van der Waals surface area contributed by atoms with Crippen LogP contribution in [0.4, 0.5) is 23.0 Å². The highest BCUT2D eigenvalue weighted by atomic mass is 32.1. The van der Waals surface area contributed by atoms with Crippen molar-refractivity contribution in [2.45, 2.75) is 6.92 Å². The van der Waals surface area contributed by atoms with Crippen molar-refractivity contribution < 1.29 is 18.4 Å². The van der Waals surface area contributed by atoms with Crippen molar-refractivity contribution in [3.8, 4) is 16.3 Å². The van der Waals surface area contributed by atoms with Crippen molar-refractivity contribution >= 4 is 46.2 Å². The maximum absolute atomic E-state index is 12.8. The lowest BCUT2D eigenvalue weighted by Crippen LogP contribution is -2.21. The van der Waals surface area contributed by atoms with Gasteiger partial charge < -0.3 is 25.6 Å². The molecule has 0 unspecified atom stereocenters. The summed E-state index contributed by atoms with van der Waals surface area (Å²) in [7, 11) is 4.79. The van der Waals surface area contributed by atoms with Crippen LogP contribution in [0.2, 0.25) is 0 Å². The standard InChI is InChI=1S/C24H25N9O3S/c1-13-9-10-18(30-29-13)28-19-11-16(20(32-31-19)22(34)25-2)27-15-8-6-7-14(21(15)36-5)23-26-12-17(37-23)24(35)33(3)4/h6-12H,1-5H3,(H,25,34)(H2,27,28,30,31)/i2D3. The van der Waals surface area contributed by atoms with Gasteiger partial charge in [-0.2, -0.15) is 5.10 Å². The summed E-state index contributed by atoms with van der Waals surface area (Å²) < 4.78 is 27.9. The van der Waals surface area contributed by atoms with Crippen LogP contribution in [0.15, 0.2) is 42.6 Å². The van der Waals surface area contributed by atoms with Crippen LogP contribution >= 0.6 is 11.3 Å². The largest absolute Gasteiger partial charge is 0.494 e. The van der Waals surface area contributed by atoms with E-state index >= 15 is 0 Å². The van der Waals surface area contributed by atoms with Crippen molar-refractivity contribution in [2.24, 2.45) is 0 Å². The van der Waals surface area contributed by atoms with Crippen LogP contribution in [0.1, 0.15) is 30.0 Å². The highest BCUT2D eigenvalue weighted by Crippen LogP contribution is 2.40.